The molecule has 1 fully saturated rings. The first-order valence-corrected chi connectivity index (χ1v) is 5.74. The van der Waals surface area contributed by atoms with Crippen LogP contribution in [0.25, 0.3) is 0 Å². The summed E-state index contributed by atoms with van der Waals surface area (Å²) in [6.45, 7) is 0. The molecule has 0 bridgehead atoms. The molecule has 0 aromatic rings. The number of hydrogen-bond donors (Lipinski definition) is 1. The molecular weight excluding hydrogens is 184 g/mol. The minimum Gasteiger partial charge on any atom is -0.293 e. The second-order valence-corrected chi connectivity index (χ2v) is 4.37. The fourth-order valence-electron chi connectivity index (χ4n) is 2.32. The molecule has 0 aromatic carbocycles. The lowest BCUT2D eigenvalue weighted by atomic mass is 9.88. The van der Waals surface area contributed by atoms with Crippen LogP contribution in [0.4, 0.5) is 0 Å². The van der Waals surface area contributed by atoms with Crippen molar-refractivity contribution in [2.24, 2.45) is 0 Å². The van der Waals surface area contributed by atoms with E-state index in [4.69, 9.17) is 0 Å². The van der Waals surface area contributed by atoms with Crippen molar-refractivity contribution in [1.29, 1.82) is 5.26 Å². The van der Waals surface area contributed by atoms with Crippen molar-refractivity contribution >= 4 is 0 Å². The van der Waals surface area contributed by atoms with Crippen molar-refractivity contribution in [2.75, 3.05) is 0 Å². The SMILES string of the molecule is N#CC1(NC2CCCCC2)[CH]C=CC=C1. The number of hydrogen-bond acceptors (Lipinski definition) is 2. The summed E-state index contributed by atoms with van der Waals surface area (Å²) in [6.07, 6.45) is 16.1. The Kier molecular flexibility index (Phi) is 3.23. The van der Waals surface area contributed by atoms with Gasteiger partial charge in [-0.3, -0.25) is 5.32 Å². The van der Waals surface area contributed by atoms with Gasteiger partial charge in [0.25, 0.3) is 0 Å². The lowest BCUT2D eigenvalue weighted by Crippen LogP contribution is -2.49. The number of nitrogens with zero attached hydrogens (tertiary/aromatic N) is 1. The van der Waals surface area contributed by atoms with Crippen LogP contribution in [0.5, 0.6) is 0 Å². The summed E-state index contributed by atoms with van der Waals surface area (Å²) in [7, 11) is 0. The Balaban J connectivity index is 1.98. The van der Waals surface area contributed by atoms with Crippen LogP contribution in [0.1, 0.15) is 32.1 Å². The zero-order valence-electron chi connectivity index (χ0n) is 8.95. The topological polar surface area (TPSA) is 35.8 Å². The molecule has 1 atom stereocenters. The van der Waals surface area contributed by atoms with Crippen LogP contribution in [0.2, 0.25) is 0 Å². The predicted octanol–water partition coefficient (Wildman–Crippen LogP) is 2.50. The minimum absolute atomic E-state index is 0.505. The number of nitrogens with one attached hydrogen (secondary N) is 1. The third-order valence-electron chi connectivity index (χ3n) is 3.17. The quantitative estimate of drug-likeness (QED) is 0.745. The van der Waals surface area contributed by atoms with E-state index in [0.717, 1.165) is 0 Å². The van der Waals surface area contributed by atoms with Crippen molar-refractivity contribution in [2.45, 2.75) is 43.7 Å². The van der Waals surface area contributed by atoms with Gasteiger partial charge in [0.1, 0.15) is 5.54 Å². The van der Waals surface area contributed by atoms with Crippen LogP contribution in [-0.4, -0.2) is 11.6 Å². The van der Waals surface area contributed by atoms with Crippen LogP contribution in [0, 0.1) is 17.8 Å². The first kappa shape index (κ1) is 10.4. The van der Waals surface area contributed by atoms with E-state index in [1.54, 1.807) is 0 Å². The van der Waals surface area contributed by atoms with Crippen molar-refractivity contribution < 1.29 is 0 Å². The normalized spacial score (nSPS) is 31.4. The maximum Gasteiger partial charge on any atom is 0.132 e. The van der Waals surface area contributed by atoms with Gasteiger partial charge < -0.3 is 0 Å². The fourth-order valence-corrected chi connectivity index (χ4v) is 2.32. The van der Waals surface area contributed by atoms with E-state index in [1.807, 2.05) is 30.7 Å². The Morgan fingerprint density at radius 1 is 1.13 bits per heavy atom. The van der Waals surface area contributed by atoms with Gasteiger partial charge in [0, 0.05) is 12.5 Å². The molecule has 1 unspecified atom stereocenters. The molecule has 15 heavy (non-hydrogen) atoms. The highest BCUT2D eigenvalue weighted by molar-refractivity contribution is 5.37. The van der Waals surface area contributed by atoms with Gasteiger partial charge in [-0.2, -0.15) is 5.26 Å². The van der Waals surface area contributed by atoms with E-state index in [9.17, 15) is 5.26 Å². The molecule has 0 aliphatic heterocycles. The van der Waals surface area contributed by atoms with Crippen LogP contribution in [0.15, 0.2) is 24.3 Å². The molecule has 0 saturated heterocycles. The van der Waals surface area contributed by atoms with Crippen molar-refractivity contribution in [3.05, 3.63) is 30.7 Å². The van der Waals surface area contributed by atoms with Gasteiger partial charge in [-0.1, -0.05) is 37.5 Å². The summed E-state index contributed by atoms with van der Waals surface area (Å²) in [4.78, 5) is 0. The Hall–Kier alpha value is -1.07. The number of nitriles is 1. The maximum atomic E-state index is 9.24. The van der Waals surface area contributed by atoms with Crippen molar-refractivity contribution in [3.63, 3.8) is 0 Å². The smallest absolute Gasteiger partial charge is 0.132 e. The zero-order chi connectivity index (χ0) is 10.6. The highest BCUT2D eigenvalue weighted by Crippen LogP contribution is 2.23. The lowest BCUT2D eigenvalue weighted by Gasteiger charge is -2.32. The van der Waals surface area contributed by atoms with E-state index < -0.39 is 5.54 Å². The summed E-state index contributed by atoms with van der Waals surface area (Å²) in [5.41, 5.74) is -0.559. The first-order valence-electron chi connectivity index (χ1n) is 5.74. The molecule has 0 spiro atoms. The summed E-state index contributed by atoms with van der Waals surface area (Å²) >= 11 is 0. The summed E-state index contributed by atoms with van der Waals surface area (Å²) in [5, 5.41) is 12.7. The molecule has 0 aromatic heterocycles. The van der Waals surface area contributed by atoms with Crippen molar-refractivity contribution in [3.8, 4) is 6.07 Å². The van der Waals surface area contributed by atoms with Gasteiger partial charge in [-0.25, -0.2) is 0 Å². The molecule has 1 saturated carbocycles. The standard InChI is InChI=1S/C13H17N2/c14-11-13(9-5-2-6-10-13)15-12-7-3-1-4-8-12/h2,5-6,9-10,12,15H,1,3-4,7-8H2. The lowest BCUT2D eigenvalue weighted by molar-refractivity contribution is 0.342. The van der Waals surface area contributed by atoms with E-state index in [0.29, 0.717) is 6.04 Å². The molecule has 2 aliphatic rings. The van der Waals surface area contributed by atoms with Crippen LogP contribution < -0.4 is 5.32 Å². The highest BCUT2D eigenvalue weighted by Gasteiger charge is 2.30. The molecular formula is C13H17N2. The Labute approximate surface area is 91.7 Å². The van der Waals surface area contributed by atoms with Crippen LogP contribution in [-0.2, 0) is 0 Å². The van der Waals surface area contributed by atoms with Gasteiger partial charge in [-0.05, 0) is 18.9 Å². The van der Waals surface area contributed by atoms with Crippen LogP contribution in [0.3, 0.4) is 0 Å². The van der Waals surface area contributed by atoms with Gasteiger partial charge in [-0.15, -0.1) is 0 Å². The summed E-state index contributed by atoms with van der Waals surface area (Å²) < 4.78 is 0. The third kappa shape index (κ3) is 2.49. The van der Waals surface area contributed by atoms with Crippen LogP contribution >= 0.6 is 0 Å². The molecule has 79 valence electrons. The monoisotopic (exact) mass is 201 g/mol. The Morgan fingerprint density at radius 3 is 2.53 bits per heavy atom. The zero-order valence-corrected chi connectivity index (χ0v) is 8.95. The van der Waals surface area contributed by atoms with E-state index in [1.165, 1.54) is 32.1 Å². The van der Waals surface area contributed by atoms with Gasteiger partial charge in [0.15, 0.2) is 0 Å². The fraction of sp³-hybridized carbons (Fsp3) is 0.538. The van der Waals surface area contributed by atoms with E-state index >= 15 is 0 Å². The molecule has 2 heteroatoms. The number of rotatable bonds is 2. The predicted molar refractivity (Wildman–Crippen MR) is 60.9 cm³/mol. The average Bonchev–Trinajstić information content (AvgIpc) is 2.32. The van der Waals surface area contributed by atoms with Gasteiger partial charge in [0.05, 0.1) is 6.07 Å². The van der Waals surface area contributed by atoms with E-state index in [2.05, 4.69) is 11.4 Å². The Bertz CT molecular complexity index is 305. The summed E-state index contributed by atoms with van der Waals surface area (Å²) in [6, 6.07) is 2.87. The maximum absolute atomic E-state index is 9.24. The van der Waals surface area contributed by atoms with Gasteiger partial charge in [0.2, 0.25) is 0 Å². The largest absolute Gasteiger partial charge is 0.293 e. The minimum atomic E-state index is -0.559. The second kappa shape index (κ2) is 4.63. The Morgan fingerprint density at radius 2 is 1.93 bits per heavy atom. The first-order chi connectivity index (χ1) is 7.35. The molecule has 1 N–H and O–H groups in total. The molecule has 1 radical (unpaired) electrons. The highest BCUT2D eigenvalue weighted by atomic mass is 15.0. The second-order valence-electron chi connectivity index (χ2n) is 4.37. The average molecular weight is 201 g/mol. The molecule has 2 rings (SSSR count). The van der Waals surface area contributed by atoms with Gasteiger partial charge >= 0.3 is 0 Å². The third-order valence-corrected chi connectivity index (χ3v) is 3.17. The summed E-state index contributed by atoms with van der Waals surface area (Å²) in [5.74, 6) is 0. The molecule has 0 heterocycles. The molecule has 2 nitrogen and oxygen atoms in total. The van der Waals surface area contributed by atoms with E-state index in [-0.39, 0.29) is 0 Å². The number of allylic oxidation sites excluding steroid dienone is 2. The molecule has 2 aliphatic carbocycles. The molecule has 0 amide bonds. The van der Waals surface area contributed by atoms with Crippen molar-refractivity contribution in [1.82, 2.24) is 5.32 Å².